The first-order valence-electron chi connectivity index (χ1n) is 8.93. The van der Waals surface area contributed by atoms with Crippen LogP contribution >= 0.6 is 23.2 Å². The van der Waals surface area contributed by atoms with E-state index in [0.29, 0.717) is 10.0 Å². The molecule has 2 aromatic carbocycles. The molecule has 2 N–H and O–H groups in total. The van der Waals surface area contributed by atoms with Crippen molar-refractivity contribution in [2.45, 2.75) is 37.0 Å². The molecule has 150 valence electrons. The van der Waals surface area contributed by atoms with Crippen LogP contribution in [0.15, 0.2) is 48.5 Å². The monoisotopic (exact) mass is 426 g/mol. The third kappa shape index (κ3) is 4.20. The first-order valence-corrected chi connectivity index (χ1v) is 9.68. The van der Waals surface area contributed by atoms with Gasteiger partial charge in [0.2, 0.25) is 0 Å². The van der Waals surface area contributed by atoms with E-state index < -0.39 is 43.6 Å². The summed E-state index contributed by atoms with van der Waals surface area (Å²) < 4.78 is 24.0. The van der Waals surface area contributed by atoms with Gasteiger partial charge in [0.15, 0.2) is 12.6 Å². The normalized spacial score (nSPS) is 31.2. The van der Waals surface area contributed by atoms with E-state index >= 15 is 0 Å². The first kappa shape index (κ1) is 20.1. The highest BCUT2D eigenvalue weighted by Gasteiger charge is 2.48. The molecule has 0 aliphatic carbocycles. The van der Waals surface area contributed by atoms with E-state index in [-0.39, 0.29) is 6.61 Å². The molecule has 4 rings (SSSR count). The highest BCUT2D eigenvalue weighted by molar-refractivity contribution is 6.30. The van der Waals surface area contributed by atoms with Gasteiger partial charge < -0.3 is 29.2 Å². The maximum Gasteiger partial charge on any atom is 0.184 e. The molecule has 2 aromatic rings. The van der Waals surface area contributed by atoms with Crippen molar-refractivity contribution in [3.63, 3.8) is 0 Å². The SMILES string of the molecule is OC[C@H](O)[C@H]1OC(c2ccc(Cl)cc2)OC[C@H]2OC(c3ccc(Cl)cc3)O[C@@H]12. The van der Waals surface area contributed by atoms with Gasteiger partial charge in [0, 0.05) is 21.2 Å². The van der Waals surface area contributed by atoms with Gasteiger partial charge in [0.1, 0.15) is 24.4 Å². The maximum atomic E-state index is 10.4. The molecule has 2 heterocycles. The quantitative estimate of drug-likeness (QED) is 0.781. The third-order valence-electron chi connectivity index (χ3n) is 4.81. The molecule has 0 saturated carbocycles. The molecule has 0 radical (unpaired) electrons. The van der Waals surface area contributed by atoms with Crippen molar-refractivity contribution in [3.8, 4) is 0 Å². The molecule has 2 unspecified atom stereocenters. The number of rotatable bonds is 4. The molecular formula is C20H20Cl2O6. The number of ether oxygens (including phenoxy) is 4. The van der Waals surface area contributed by atoms with Crippen LogP contribution in [-0.4, -0.2) is 47.8 Å². The summed E-state index contributed by atoms with van der Waals surface area (Å²) >= 11 is 11.9. The second-order valence-corrected chi connectivity index (χ2v) is 7.60. The van der Waals surface area contributed by atoms with Gasteiger partial charge >= 0.3 is 0 Å². The van der Waals surface area contributed by atoms with Crippen LogP contribution in [0, 0.1) is 0 Å². The highest BCUT2D eigenvalue weighted by atomic mass is 35.5. The Labute approximate surface area is 172 Å². The van der Waals surface area contributed by atoms with E-state index in [4.69, 9.17) is 42.1 Å². The van der Waals surface area contributed by atoms with Crippen LogP contribution in [0.4, 0.5) is 0 Å². The third-order valence-corrected chi connectivity index (χ3v) is 5.32. The summed E-state index contributed by atoms with van der Waals surface area (Å²) in [6.45, 7) is -0.271. The van der Waals surface area contributed by atoms with E-state index in [1.54, 1.807) is 36.4 Å². The van der Waals surface area contributed by atoms with E-state index in [0.717, 1.165) is 11.1 Å². The summed E-state index contributed by atoms with van der Waals surface area (Å²) in [5.74, 6) is 0. The lowest BCUT2D eigenvalue weighted by Crippen LogP contribution is -2.45. The van der Waals surface area contributed by atoms with Crippen LogP contribution in [0.5, 0.6) is 0 Å². The average molecular weight is 427 g/mol. The standard InChI is InChI=1S/C20H20Cl2O6/c21-13-5-1-11(2-6-13)19-25-10-16-18(17(27-19)15(24)9-23)28-20(26-16)12-3-7-14(22)8-4-12/h1-8,15-20,23-24H,9-10H2/t15-,16+,17+,18+,19?,20?/m0/s1. The number of aliphatic hydroxyl groups is 2. The summed E-state index contributed by atoms with van der Waals surface area (Å²) in [6.07, 6.45) is -4.45. The van der Waals surface area contributed by atoms with Crippen molar-refractivity contribution < 1.29 is 29.2 Å². The van der Waals surface area contributed by atoms with E-state index in [2.05, 4.69) is 0 Å². The van der Waals surface area contributed by atoms with Gasteiger partial charge in [0.25, 0.3) is 0 Å². The molecule has 0 amide bonds. The summed E-state index contributed by atoms with van der Waals surface area (Å²) in [7, 11) is 0. The molecule has 2 fully saturated rings. The number of aliphatic hydroxyl groups excluding tert-OH is 2. The minimum Gasteiger partial charge on any atom is -0.394 e. The van der Waals surface area contributed by atoms with Crippen molar-refractivity contribution in [3.05, 3.63) is 69.7 Å². The number of benzene rings is 2. The number of hydrogen-bond donors (Lipinski definition) is 2. The van der Waals surface area contributed by atoms with Crippen molar-refractivity contribution in [1.29, 1.82) is 0 Å². The molecular weight excluding hydrogens is 407 g/mol. The van der Waals surface area contributed by atoms with Gasteiger partial charge in [-0.3, -0.25) is 0 Å². The van der Waals surface area contributed by atoms with E-state index in [1.807, 2.05) is 12.1 Å². The Bertz CT molecular complexity index is 784. The first-order chi connectivity index (χ1) is 13.5. The molecule has 6 nitrogen and oxygen atoms in total. The Morgan fingerprint density at radius 1 is 0.857 bits per heavy atom. The zero-order chi connectivity index (χ0) is 19.7. The summed E-state index contributed by atoms with van der Waals surface area (Å²) in [4.78, 5) is 0. The van der Waals surface area contributed by atoms with Gasteiger partial charge in [-0.2, -0.15) is 0 Å². The van der Waals surface area contributed by atoms with Crippen LogP contribution < -0.4 is 0 Å². The van der Waals surface area contributed by atoms with Crippen LogP contribution in [0.3, 0.4) is 0 Å². The van der Waals surface area contributed by atoms with E-state index in [9.17, 15) is 10.2 Å². The number of halogens is 2. The van der Waals surface area contributed by atoms with Gasteiger partial charge in [-0.25, -0.2) is 0 Å². The molecule has 28 heavy (non-hydrogen) atoms. The Kier molecular flexibility index (Phi) is 6.20. The summed E-state index contributed by atoms with van der Waals surface area (Å²) in [5, 5.41) is 21.1. The fraction of sp³-hybridized carbons (Fsp3) is 0.400. The molecule has 0 aromatic heterocycles. The zero-order valence-corrected chi connectivity index (χ0v) is 16.3. The highest BCUT2D eigenvalue weighted by Crippen LogP contribution is 2.39. The second kappa shape index (κ2) is 8.65. The lowest BCUT2D eigenvalue weighted by atomic mass is 10.0. The fourth-order valence-electron chi connectivity index (χ4n) is 3.35. The Morgan fingerprint density at radius 2 is 1.43 bits per heavy atom. The van der Waals surface area contributed by atoms with Gasteiger partial charge in [-0.15, -0.1) is 0 Å². The van der Waals surface area contributed by atoms with Gasteiger partial charge in [-0.05, 0) is 24.3 Å². The summed E-state index contributed by atoms with van der Waals surface area (Å²) in [6, 6.07) is 14.2. The second-order valence-electron chi connectivity index (χ2n) is 6.73. The topological polar surface area (TPSA) is 77.4 Å². The zero-order valence-electron chi connectivity index (χ0n) is 14.8. The van der Waals surface area contributed by atoms with Crippen LogP contribution in [0.2, 0.25) is 10.0 Å². The lowest BCUT2D eigenvalue weighted by molar-refractivity contribution is -0.216. The molecule has 0 spiro atoms. The average Bonchev–Trinajstić information content (AvgIpc) is 3.05. The van der Waals surface area contributed by atoms with Crippen molar-refractivity contribution >= 4 is 23.2 Å². The fourth-order valence-corrected chi connectivity index (χ4v) is 3.60. The molecule has 8 heteroatoms. The number of hydrogen-bond acceptors (Lipinski definition) is 6. The van der Waals surface area contributed by atoms with Gasteiger partial charge in [0.05, 0.1) is 13.2 Å². The van der Waals surface area contributed by atoms with Crippen LogP contribution in [0.25, 0.3) is 0 Å². The smallest absolute Gasteiger partial charge is 0.184 e. The largest absolute Gasteiger partial charge is 0.394 e. The Hall–Kier alpha value is -1.22. The molecule has 6 atom stereocenters. The molecule has 2 aliphatic rings. The van der Waals surface area contributed by atoms with Crippen LogP contribution in [0.1, 0.15) is 23.7 Å². The predicted octanol–water partition coefficient (Wildman–Crippen LogP) is 3.24. The van der Waals surface area contributed by atoms with Crippen LogP contribution in [-0.2, 0) is 18.9 Å². The molecule has 2 saturated heterocycles. The number of fused-ring (bicyclic) bond motifs is 1. The predicted molar refractivity (Wildman–Crippen MR) is 102 cm³/mol. The van der Waals surface area contributed by atoms with Crippen molar-refractivity contribution in [2.75, 3.05) is 13.2 Å². The minimum absolute atomic E-state index is 0.205. The molecule has 2 aliphatic heterocycles. The summed E-state index contributed by atoms with van der Waals surface area (Å²) in [5.41, 5.74) is 1.54. The maximum absolute atomic E-state index is 10.4. The lowest BCUT2D eigenvalue weighted by Gasteiger charge is -2.28. The molecule has 0 bridgehead atoms. The Balaban J connectivity index is 1.55. The van der Waals surface area contributed by atoms with Crippen molar-refractivity contribution in [1.82, 2.24) is 0 Å². The van der Waals surface area contributed by atoms with E-state index in [1.165, 1.54) is 0 Å². The van der Waals surface area contributed by atoms with Crippen molar-refractivity contribution in [2.24, 2.45) is 0 Å². The minimum atomic E-state index is -1.16. The van der Waals surface area contributed by atoms with Gasteiger partial charge in [-0.1, -0.05) is 47.5 Å². The Morgan fingerprint density at radius 3 is 2.00 bits per heavy atom.